The average molecular weight is 413 g/mol. The van der Waals surface area contributed by atoms with Crippen molar-refractivity contribution in [2.45, 2.75) is 26.3 Å². The van der Waals surface area contributed by atoms with Gasteiger partial charge in [0.1, 0.15) is 5.56 Å². The van der Waals surface area contributed by atoms with Crippen molar-refractivity contribution < 1.29 is 13.9 Å². The van der Waals surface area contributed by atoms with Crippen molar-refractivity contribution in [3.05, 3.63) is 41.7 Å². The van der Waals surface area contributed by atoms with Crippen molar-refractivity contribution in [2.75, 3.05) is 37.0 Å². The van der Waals surface area contributed by atoms with Crippen LogP contribution in [0.25, 0.3) is 5.65 Å². The van der Waals surface area contributed by atoms with Crippen molar-refractivity contribution in [3.63, 3.8) is 0 Å². The highest BCUT2D eigenvalue weighted by Gasteiger charge is 2.24. The normalized spacial score (nSPS) is 16.1. The molecule has 9 nitrogen and oxygen atoms in total. The first-order valence-corrected chi connectivity index (χ1v) is 9.86. The largest absolute Gasteiger partial charge is 0.477 e. The van der Waals surface area contributed by atoms with Gasteiger partial charge in [-0.15, -0.1) is 0 Å². The lowest BCUT2D eigenvalue weighted by Gasteiger charge is -2.24. The summed E-state index contributed by atoms with van der Waals surface area (Å²) in [5, 5.41) is 6.00. The number of carbonyl (C=O) groups is 1. The van der Waals surface area contributed by atoms with Crippen LogP contribution in [0.15, 0.2) is 24.7 Å². The Morgan fingerprint density at radius 2 is 2.27 bits per heavy atom. The Bertz CT molecular complexity index is 1080. The number of aromatic nitrogens is 4. The Morgan fingerprint density at radius 1 is 1.43 bits per heavy atom. The van der Waals surface area contributed by atoms with Crippen LogP contribution in [0.1, 0.15) is 29.4 Å². The molecule has 0 aliphatic carbocycles. The first-order valence-electron chi connectivity index (χ1n) is 9.86. The van der Waals surface area contributed by atoms with E-state index in [1.807, 2.05) is 18.9 Å². The third-order valence-electron chi connectivity index (χ3n) is 5.05. The van der Waals surface area contributed by atoms with E-state index in [2.05, 4.69) is 25.6 Å². The SMILES string of the molecule is CCOc1nc(N(C)C2CCNC2)ncc1C(=O)Nc1cc(F)c2nc(C)cn2c1. The van der Waals surface area contributed by atoms with Gasteiger partial charge in [-0.2, -0.15) is 4.98 Å². The minimum Gasteiger partial charge on any atom is -0.477 e. The zero-order valence-corrected chi connectivity index (χ0v) is 17.1. The van der Waals surface area contributed by atoms with Gasteiger partial charge in [0.15, 0.2) is 11.5 Å². The van der Waals surface area contributed by atoms with Crippen molar-refractivity contribution in [2.24, 2.45) is 0 Å². The summed E-state index contributed by atoms with van der Waals surface area (Å²) in [6.45, 7) is 5.74. The highest BCUT2D eigenvalue weighted by molar-refractivity contribution is 6.05. The van der Waals surface area contributed by atoms with Crippen LogP contribution in [0, 0.1) is 12.7 Å². The minimum atomic E-state index is -0.524. The molecular weight excluding hydrogens is 389 g/mol. The molecule has 158 valence electrons. The number of carbonyl (C=O) groups excluding carboxylic acids is 1. The maximum absolute atomic E-state index is 14.3. The molecule has 30 heavy (non-hydrogen) atoms. The summed E-state index contributed by atoms with van der Waals surface area (Å²) < 4.78 is 21.4. The van der Waals surface area contributed by atoms with Gasteiger partial charge in [0.05, 0.1) is 18.0 Å². The number of hydrogen-bond acceptors (Lipinski definition) is 7. The van der Waals surface area contributed by atoms with Crippen LogP contribution in [0.2, 0.25) is 0 Å². The second-order valence-electron chi connectivity index (χ2n) is 7.22. The smallest absolute Gasteiger partial charge is 0.262 e. The third kappa shape index (κ3) is 3.90. The van der Waals surface area contributed by atoms with E-state index in [-0.39, 0.29) is 23.1 Å². The standard InChI is InChI=1S/C20H24FN7O2/c1-4-30-19-15(9-23-20(26-19)27(3)14-5-6-22-8-14)18(29)25-13-7-16(21)17-24-12(2)10-28(17)11-13/h7,9-11,14,22H,4-6,8H2,1-3H3,(H,25,29). The lowest BCUT2D eigenvalue weighted by molar-refractivity contribution is 0.102. The lowest BCUT2D eigenvalue weighted by Crippen LogP contribution is -2.34. The number of anilines is 2. The summed E-state index contributed by atoms with van der Waals surface area (Å²) in [6.07, 6.45) is 5.73. The van der Waals surface area contributed by atoms with Gasteiger partial charge in [0.25, 0.3) is 5.91 Å². The molecule has 1 fully saturated rings. The van der Waals surface area contributed by atoms with Gasteiger partial charge in [0.2, 0.25) is 11.8 Å². The fourth-order valence-corrected chi connectivity index (χ4v) is 3.51. The Labute approximate surface area is 173 Å². The monoisotopic (exact) mass is 413 g/mol. The Balaban J connectivity index is 1.59. The lowest BCUT2D eigenvalue weighted by atomic mass is 10.2. The molecule has 1 aliphatic rings. The van der Waals surface area contributed by atoms with Crippen LogP contribution in [-0.2, 0) is 0 Å². The number of halogens is 1. The van der Waals surface area contributed by atoms with E-state index < -0.39 is 11.7 Å². The molecule has 0 bridgehead atoms. The molecule has 3 aromatic rings. The number of pyridine rings is 1. The van der Waals surface area contributed by atoms with Crippen LogP contribution in [0.3, 0.4) is 0 Å². The Kier molecular flexibility index (Phi) is 5.49. The number of nitrogens with one attached hydrogen (secondary N) is 2. The summed E-state index contributed by atoms with van der Waals surface area (Å²) in [4.78, 5) is 27.8. The molecule has 4 rings (SSSR count). The second-order valence-corrected chi connectivity index (χ2v) is 7.22. The summed E-state index contributed by atoms with van der Waals surface area (Å²) in [5.74, 6) is -0.321. The first kappa shape index (κ1) is 20.0. The fourth-order valence-electron chi connectivity index (χ4n) is 3.51. The van der Waals surface area contributed by atoms with Crippen molar-refractivity contribution in [1.29, 1.82) is 0 Å². The predicted molar refractivity (Wildman–Crippen MR) is 111 cm³/mol. The summed E-state index contributed by atoms with van der Waals surface area (Å²) in [7, 11) is 1.92. The molecule has 1 amide bonds. The summed E-state index contributed by atoms with van der Waals surface area (Å²) in [5.41, 5.74) is 1.36. The van der Waals surface area contributed by atoms with E-state index in [9.17, 15) is 9.18 Å². The zero-order valence-electron chi connectivity index (χ0n) is 17.1. The molecule has 0 aromatic carbocycles. The van der Waals surface area contributed by atoms with Gasteiger partial charge >= 0.3 is 0 Å². The number of hydrogen-bond donors (Lipinski definition) is 2. The van der Waals surface area contributed by atoms with Crippen molar-refractivity contribution in [1.82, 2.24) is 24.7 Å². The van der Waals surface area contributed by atoms with Gasteiger partial charge in [-0.05, 0) is 26.8 Å². The molecule has 0 spiro atoms. The van der Waals surface area contributed by atoms with Crippen molar-refractivity contribution in [3.8, 4) is 5.88 Å². The maximum Gasteiger partial charge on any atom is 0.262 e. The number of amides is 1. The quantitative estimate of drug-likeness (QED) is 0.638. The van der Waals surface area contributed by atoms with Crippen LogP contribution in [0.4, 0.5) is 16.0 Å². The summed E-state index contributed by atoms with van der Waals surface area (Å²) >= 11 is 0. The molecule has 1 atom stereocenters. The highest BCUT2D eigenvalue weighted by Crippen LogP contribution is 2.23. The van der Waals surface area contributed by atoms with Crippen LogP contribution in [0.5, 0.6) is 5.88 Å². The number of ether oxygens (including phenoxy) is 1. The van der Waals surface area contributed by atoms with Gasteiger partial charge in [0, 0.05) is 44.3 Å². The first-order chi connectivity index (χ1) is 14.5. The Morgan fingerprint density at radius 3 is 3.00 bits per heavy atom. The zero-order chi connectivity index (χ0) is 21.3. The maximum atomic E-state index is 14.3. The fraction of sp³-hybridized carbons (Fsp3) is 0.400. The highest BCUT2D eigenvalue weighted by atomic mass is 19.1. The predicted octanol–water partition coefficient (Wildman–Crippen LogP) is 2.02. The average Bonchev–Trinajstić information content (AvgIpc) is 3.37. The van der Waals surface area contributed by atoms with Crippen LogP contribution >= 0.6 is 0 Å². The van der Waals surface area contributed by atoms with E-state index in [0.717, 1.165) is 19.5 Å². The van der Waals surface area contributed by atoms with E-state index in [4.69, 9.17) is 4.74 Å². The van der Waals surface area contributed by atoms with Crippen LogP contribution < -0.4 is 20.3 Å². The number of rotatable bonds is 6. The van der Waals surface area contributed by atoms with Gasteiger partial charge in [-0.3, -0.25) is 4.79 Å². The number of fused-ring (bicyclic) bond motifs is 1. The summed E-state index contributed by atoms with van der Waals surface area (Å²) in [6, 6.07) is 1.52. The molecular formula is C20H24FN7O2. The van der Waals surface area contributed by atoms with E-state index in [1.54, 1.807) is 19.3 Å². The number of likely N-dealkylation sites (N-methyl/N-ethyl adjacent to an activating group) is 1. The molecule has 1 saturated heterocycles. The second kappa shape index (κ2) is 8.23. The van der Waals surface area contributed by atoms with Crippen LogP contribution in [-0.4, -0.2) is 58.0 Å². The molecule has 4 heterocycles. The topological polar surface area (TPSA) is 96.7 Å². The molecule has 0 radical (unpaired) electrons. The van der Waals surface area contributed by atoms with Gasteiger partial charge in [-0.25, -0.2) is 14.4 Å². The molecule has 3 aromatic heterocycles. The number of nitrogens with zero attached hydrogens (tertiary/aromatic N) is 5. The molecule has 2 N–H and O–H groups in total. The van der Waals surface area contributed by atoms with E-state index in [0.29, 0.717) is 23.9 Å². The van der Waals surface area contributed by atoms with E-state index >= 15 is 0 Å². The minimum absolute atomic E-state index is 0.181. The Hall–Kier alpha value is -3.27. The van der Waals surface area contributed by atoms with E-state index in [1.165, 1.54) is 16.7 Å². The number of imidazole rings is 1. The molecule has 1 unspecified atom stereocenters. The third-order valence-corrected chi connectivity index (χ3v) is 5.05. The molecule has 0 saturated carbocycles. The molecule has 10 heteroatoms. The van der Waals surface area contributed by atoms with Gasteiger partial charge < -0.3 is 24.7 Å². The molecule has 1 aliphatic heterocycles. The van der Waals surface area contributed by atoms with Gasteiger partial charge in [-0.1, -0.05) is 0 Å². The van der Waals surface area contributed by atoms with Crippen molar-refractivity contribution >= 4 is 23.2 Å². The number of aryl methyl sites for hydroxylation is 1.